The second kappa shape index (κ2) is 6.19. The highest BCUT2D eigenvalue weighted by Gasteiger charge is 2.13. The maximum atomic E-state index is 10.9. The lowest BCUT2D eigenvalue weighted by atomic mass is 10.2. The third-order valence-electron chi connectivity index (χ3n) is 2.62. The number of benzene rings is 1. The number of H-pyrrole nitrogens is 1. The number of aromatic nitrogens is 2. The molecule has 7 heteroatoms. The number of nitrogens with zero attached hydrogens (tertiary/aromatic N) is 2. The normalized spacial score (nSPS) is 10.4. The molecule has 19 heavy (non-hydrogen) atoms. The highest BCUT2D eigenvalue weighted by atomic mass is 35.5. The summed E-state index contributed by atoms with van der Waals surface area (Å²) in [5.41, 5.74) is 0.472. The number of hydrogen-bond donors (Lipinski definition) is 2. The summed E-state index contributed by atoms with van der Waals surface area (Å²) in [6.45, 7) is 0.613. The van der Waals surface area contributed by atoms with Gasteiger partial charge in [-0.25, -0.2) is 4.98 Å². The lowest BCUT2D eigenvalue weighted by Crippen LogP contribution is -2.05. The van der Waals surface area contributed by atoms with Crippen LogP contribution in [-0.2, 0) is 6.42 Å². The minimum atomic E-state index is -0.425. The van der Waals surface area contributed by atoms with Gasteiger partial charge in [0.25, 0.3) is 5.69 Å². The first-order chi connectivity index (χ1) is 9.16. The van der Waals surface area contributed by atoms with Gasteiger partial charge in [-0.1, -0.05) is 11.6 Å². The molecule has 0 bridgehead atoms. The van der Waals surface area contributed by atoms with Crippen LogP contribution in [0.15, 0.2) is 30.6 Å². The molecule has 0 radical (unpaired) electrons. The van der Waals surface area contributed by atoms with Gasteiger partial charge in [0.15, 0.2) is 0 Å². The van der Waals surface area contributed by atoms with E-state index in [0.717, 1.165) is 18.7 Å². The summed E-state index contributed by atoms with van der Waals surface area (Å²) in [5, 5.41) is 14.4. The molecule has 1 heterocycles. The van der Waals surface area contributed by atoms with Gasteiger partial charge in [-0.15, -0.1) is 0 Å². The van der Waals surface area contributed by atoms with Gasteiger partial charge in [-0.3, -0.25) is 10.1 Å². The molecule has 0 amide bonds. The number of aromatic amines is 1. The van der Waals surface area contributed by atoms with Gasteiger partial charge < -0.3 is 10.3 Å². The molecule has 0 aliphatic heterocycles. The minimum Gasteiger partial charge on any atom is -0.379 e. The highest BCUT2D eigenvalue weighted by molar-refractivity contribution is 6.31. The summed E-state index contributed by atoms with van der Waals surface area (Å²) in [6, 6.07) is 4.47. The average Bonchev–Trinajstić information content (AvgIpc) is 2.87. The quantitative estimate of drug-likeness (QED) is 0.484. The van der Waals surface area contributed by atoms with Crippen LogP contribution in [0.3, 0.4) is 0 Å². The van der Waals surface area contributed by atoms with Crippen molar-refractivity contribution in [3.05, 3.63) is 51.6 Å². The van der Waals surface area contributed by atoms with E-state index in [9.17, 15) is 10.1 Å². The molecule has 0 aliphatic carbocycles. The fourth-order valence-corrected chi connectivity index (χ4v) is 1.89. The zero-order chi connectivity index (χ0) is 13.7. The first-order valence-corrected chi connectivity index (χ1v) is 6.20. The Morgan fingerprint density at radius 1 is 1.47 bits per heavy atom. The summed E-state index contributed by atoms with van der Waals surface area (Å²) < 4.78 is 0. The standard InChI is InChI=1S/C12H13ClN4O2/c13-9-3-4-11(17(18)19)10(8-9)14-5-1-2-12-15-6-7-16-12/h3-4,6-8,14H,1-2,5H2,(H,15,16). The third-order valence-corrected chi connectivity index (χ3v) is 2.85. The van der Waals surface area contributed by atoms with E-state index in [1.807, 2.05) is 0 Å². The van der Waals surface area contributed by atoms with Crippen LogP contribution in [0.1, 0.15) is 12.2 Å². The Bertz CT molecular complexity index is 557. The topological polar surface area (TPSA) is 83.8 Å². The number of nitro groups is 1. The number of nitro benzene ring substituents is 1. The summed E-state index contributed by atoms with van der Waals surface area (Å²) in [7, 11) is 0. The number of nitrogens with one attached hydrogen (secondary N) is 2. The number of anilines is 1. The number of aryl methyl sites for hydroxylation is 1. The van der Waals surface area contributed by atoms with E-state index in [2.05, 4.69) is 15.3 Å². The number of halogens is 1. The van der Waals surface area contributed by atoms with Crippen molar-refractivity contribution in [2.24, 2.45) is 0 Å². The maximum Gasteiger partial charge on any atom is 0.292 e. The molecule has 1 aromatic heterocycles. The van der Waals surface area contributed by atoms with Crippen molar-refractivity contribution < 1.29 is 4.92 Å². The summed E-state index contributed by atoms with van der Waals surface area (Å²) in [4.78, 5) is 17.5. The zero-order valence-electron chi connectivity index (χ0n) is 10.1. The van der Waals surface area contributed by atoms with E-state index in [1.54, 1.807) is 18.5 Å². The number of rotatable bonds is 6. The molecule has 0 saturated heterocycles. The van der Waals surface area contributed by atoms with Crippen LogP contribution in [0.4, 0.5) is 11.4 Å². The van der Waals surface area contributed by atoms with Crippen LogP contribution in [0.2, 0.25) is 5.02 Å². The SMILES string of the molecule is O=[N+]([O-])c1ccc(Cl)cc1NCCCc1ncc[nH]1. The van der Waals surface area contributed by atoms with Gasteiger partial charge in [0, 0.05) is 36.4 Å². The Morgan fingerprint density at radius 3 is 3.00 bits per heavy atom. The van der Waals surface area contributed by atoms with E-state index in [-0.39, 0.29) is 5.69 Å². The van der Waals surface area contributed by atoms with Gasteiger partial charge in [0.1, 0.15) is 11.5 Å². The molecule has 0 spiro atoms. The largest absolute Gasteiger partial charge is 0.379 e. The van der Waals surface area contributed by atoms with E-state index >= 15 is 0 Å². The van der Waals surface area contributed by atoms with Crippen LogP contribution in [0.25, 0.3) is 0 Å². The third kappa shape index (κ3) is 3.69. The Hall–Kier alpha value is -2.08. The second-order valence-electron chi connectivity index (χ2n) is 3.98. The van der Waals surface area contributed by atoms with Crippen molar-refractivity contribution >= 4 is 23.0 Å². The van der Waals surface area contributed by atoms with Gasteiger partial charge in [-0.05, 0) is 18.6 Å². The lowest BCUT2D eigenvalue weighted by molar-refractivity contribution is -0.384. The van der Waals surface area contributed by atoms with Crippen molar-refractivity contribution in [1.82, 2.24) is 9.97 Å². The van der Waals surface area contributed by atoms with E-state index in [4.69, 9.17) is 11.6 Å². The van der Waals surface area contributed by atoms with Crippen molar-refractivity contribution in [3.63, 3.8) is 0 Å². The van der Waals surface area contributed by atoms with Crippen LogP contribution in [-0.4, -0.2) is 21.4 Å². The molecule has 0 saturated carbocycles. The smallest absolute Gasteiger partial charge is 0.292 e. The molecule has 0 aliphatic rings. The molecule has 0 fully saturated rings. The molecular weight excluding hydrogens is 268 g/mol. The minimum absolute atomic E-state index is 0.0300. The van der Waals surface area contributed by atoms with Gasteiger partial charge >= 0.3 is 0 Å². The first kappa shape index (κ1) is 13.4. The average molecular weight is 281 g/mol. The summed E-state index contributed by atoms with van der Waals surface area (Å²) in [5.74, 6) is 0.905. The Morgan fingerprint density at radius 2 is 2.32 bits per heavy atom. The molecule has 6 nitrogen and oxygen atoms in total. The van der Waals surface area contributed by atoms with Crippen LogP contribution in [0, 0.1) is 10.1 Å². The van der Waals surface area contributed by atoms with Crippen molar-refractivity contribution in [1.29, 1.82) is 0 Å². The fraction of sp³-hybridized carbons (Fsp3) is 0.250. The second-order valence-corrected chi connectivity index (χ2v) is 4.42. The van der Waals surface area contributed by atoms with E-state index in [0.29, 0.717) is 17.3 Å². The van der Waals surface area contributed by atoms with Crippen molar-refractivity contribution in [2.75, 3.05) is 11.9 Å². The van der Waals surface area contributed by atoms with Crippen LogP contribution in [0.5, 0.6) is 0 Å². The maximum absolute atomic E-state index is 10.9. The van der Waals surface area contributed by atoms with Gasteiger partial charge in [0.2, 0.25) is 0 Å². The van der Waals surface area contributed by atoms with Gasteiger partial charge in [0.05, 0.1) is 4.92 Å². The molecule has 0 atom stereocenters. The molecule has 0 unspecified atom stereocenters. The van der Waals surface area contributed by atoms with E-state index < -0.39 is 4.92 Å². The molecular formula is C12H13ClN4O2. The highest BCUT2D eigenvalue weighted by Crippen LogP contribution is 2.27. The predicted molar refractivity (Wildman–Crippen MR) is 73.5 cm³/mol. The van der Waals surface area contributed by atoms with E-state index in [1.165, 1.54) is 12.1 Å². The number of imidazole rings is 1. The van der Waals surface area contributed by atoms with Crippen LogP contribution < -0.4 is 5.32 Å². The van der Waals surface area contributed by atoms with Crippen LogP contribution >= 0.6 is 11.6 Å². The molecule has 100 valence electrons. The molecule has 2 rings (SSSR count). The fourth-order valence-electron chi connectivity index (χ4n) is 1.72. The van der Waals surface area contributed by atoms with Crippen molar-refractivity contribution in [2.45, 2.75) is 12.8 Å². The molecule has 2 N–H and O–H groups in total. The van der Waals surface area contributed by atoms with Crippen molar-refractivity contribution in [3.8, 4) is 0 Å². The molecule has 1 aromatic carbocycles. The first-order valence-electron chi connectivity index (χ1n) is 5.83. The summed E-state index contributed by atoms with van der Waals surface area (Å²) >= 11 is 5.84. The monoisotopic (exact) mass is 280 g/mol. The lowest BCUT2D eigenvalue weighted by Gasteiger charge is -2.06. The number of hydrogen-bond acceptors (Lipinski definition) is 4. The summed E-state index contributed by atoms with van der Waals surface area (Å²) in [6.07, 6.45) is 5.07. The molecule has 2 aromatic rings. The Labute approximate surface area is 115 Å². The zero-order valence-corrected chi connectivity index (χ0v) is 10.9. The Kier molecular flexibility index (Phi) is 4.35. The Balaban J connectivity index is 1.91. The predicted octanol–water partition coefficient (Wildman–Crippen LogP) is 3.02. The van der Waals surface area contributed by atoms with Gasteiger partial charge in [-0.2, -0.15) is 0 Å².